The van der Waals surface area contributed by atoms with E-state index in [1.54, 1.807) is 16.3 Å². The highest BCUT2D eigenvalue weighted by molar-refractivity contribution is 7.99. The van der Waals surface area contributed by atoms with E-state index in [4.69, 9.17) is 11.6 Å². The van der Waals surface area contributed by atoms with Gasteiger partial charge >= 0.3 is 5.69 Å². The largest absolute Gasteiger partial charge is 0.326 e. The minimum absolute atomic E-state index is 0.0750. The first-order valence-electron chi connectivity index (χ1n) is 10.7. The monoisotopic (exact) mass is 475 g/mol. The van der Waals surface area contributed by atoms with E-state index < -0.39 is 0 Å². The number of hydrogen-bond acceptors (Lipinski definition) is 4. The molecule has 0 radical (unpaired) electrons. The third kappa shape index (κ3) is 4.47. The molecule has 5 aromatic rings. The molecule has 0 aliphatic heterocycles. The molecule has 6 nitrogen and oxygen atoms in total. The molecule has 0 saturated carbocycles. The summed E-state index contributed by atoms with van der Waals surface area (Å²) in [4.78, 5) is 15.2. The van der Waals surface area contributed by atoms with Gasteiger partial charge in [-0.1, -0.05) is 53.2 Å². The van der Waals surface area contributed by atoms with Gasteiger partial charge in [-0.15, -0.1) is 10.2 Å². The highest BCUT2D eigenvalue weighted by Crippen LogP contribution is 2.29. The van der Waals surface area contributed by atoms with Gasteiger partial charge < -0.3 is 4.98 Å². The Kier molecular flexibility index (Phi) is 6.07. The maximum Gasteiger partial charge on any atom is 0.326 e. The summed E-state index contributed by atoms with van der Waals surface area (Å²) in [7, 11) is 0. The molecule has 0 spiro atoms. The van der Waals surface area contributed by atoms with Crippen LogP contribution in [0, 0.1) is 6.92 Å². The summed E-state index contributed by atoms with van der Waals surface area (Å²) in [6, 6.07) is 23.7. The minimum atomic E-state index is -0.0750. The third-order valence-corrected chi connectivity index (χ3v) is 6.73. The molecular weight excluding hydrogens is 454 g/mol. The van der Waals surface area contributed by atoms with Gasteiger partial charge in [0.25, 0.3) is 0 Å². The number of benzene rings is 3. The molecule has 0 atom stereocenters. The zero-order valence-electron chi connectivity index (χ0n) is 18.0. The van der Waals surface area contributed by atoms with Crippen LogP contribution in [0.25, 0.3) is 28.1 Å². The molecule has 166 valence electrons. The van der Waals surface area contributed by atoms with Gasteiger partial charge in [0.15, 0.2) is 11.0 Å². The van der Waals surface area contributed by atoms with Crippen LogP contribution in [0.5, 0.6) is 0 Å². The lowest BCUT2D eigenvalue weighted by Crippen LogP contribution is -2.17. The third-order valence-electron chi connectivity index (χ3n) is 5.47. The van der Waals surface area contributed by atoms with Gasteiger partial charge in [0.2, 0.25) is 0 Å². The normalized spacial score (nSPS) is 11.3. The fourth-order valence-electron chi connectivity index (χ4n) is 3.79. The van der Waals surface area contributed by atoms with Crippen molar-refractivity contribution >= 4 is 34.4 Å². The van der Waals surface area contributed by atoms with Crippen molar-refractivity contribution in [1.29, 1.82) is 0 Å². The summed E-state index contributed by atoms with van der Waals surface area (Å²) in [5.74, 6) is 1.57. The van der Waals surface area contributed by atoms with Crippen molar-refractivity contribution in [3.63, 3.8) is 0 Å². The zero-order chi connectivity index (χ0) is 22.8. The number of rotatable bonds is 7. The summed E-state index contributed by atoms with van der Waals surface area (Å²) < 4.78 is 3.87. The van der Waals surface area contributed by atoms with Crippen LogP contribution in [0.2, 0.25) is 5.02 Å². The van der Waals surface area contributed by atoms with Crippen LogP contribution in [0.15, 0.2) is 82.7 Å². The molecular formula is C25H22ClN5OS. The first-order valence-corrected chi connectivity index (χ1v) is 12.1. The Morgan fingerprint density at radius 2 is 1.73 bits per heavy atom. The van der Waals surface area contributed by atoms with Crippen LogP contribution < -0.4 is 5.69 Å². The predicted octanol–water partition coefficient (Wildman–Crippen LogP) is 5.72. The second-order valence-electron chi connectivity index (χ2n) is 7.78. The Balaban J connectivity index is 1.38. The lowest BCUT2D eigenvalue weighted by Gasteiger charge is -2.11. The Hall–Kier alpha value is -3.29. The second-order valence-corrected chi connectivity index (χ2v) is 9.28. The van der Waals surface area contributed by atoms with Crippen LogP contribution in [0.4, 0.5) is 0 Å². The number of aromatic amines is 1. The van der Waals surface area contributed by atoms with E-state index in [9.17, 15) is 4.79 Å². The van der Waals surface area contributed by atoms with E-state index in [2.05, 4.69) is 50.9 Å². The van der Waals surface area contributed by atoms with Crippen LogP contribution in [0.1, 0.15) is 12.0 Å². The Morgan fingerprint density at radius 1 is 0.970 bits per heavy atom. The molecule has 8 heteroatoms. The average Bonchev–Trinajstić information content (AvgIpc) is 3.38. The van der Waals surface area contributed by atoms with Gasteiger partial charge in [0, 0.05) is 28.6 Å². The number of nitrogens with zero attached hydrogens (tertiary/aromatic N) is 4. The molecule has 1 N–H and O–H groups in total. The summed E-state index contributed by atoms with van der Waals surface area (Å²) in [6.45, 7) is 2.71. The number of halogens is 1. The number of imidazole rings is 1. The smallest absolute Gasteiger partial charge is 0.306 e. The molecule has 2 aromatic heterocycles. The van der Waals surface area contributed by atoms with E-state index in [1.165, 1.54) is 5.56 Å². The molecule has 33 heavy (non-hydrogen) atoms. The van der Waals surface area contributed by atoms with Gasteiger partial charge in [-0.3, -0.25) is 9.13 Å². The van der Waals surface area contributed by atoms with Crippen molar-refractivity contribution in [1.82, 2.24) is 24.3 Å². The van der Waals surface area contributed by atoms with Crippen molar-refractivity contribution in [2.45, 2.75) is 25.0 Å². The highest BCUT2D eigenvalue weighted by atomic mass is 35.5. The number of aromatic nitrogens is 5. The van der Waals surface area contributed by atoms with Gasteiger partial charge in [-0.05, 0) is 61.9 Å². The van der Waals surface area contributed by atoms with Gasteiger partial charge in [0.1, 0.15) is 0 Å². The van der Waals surface area contributed by atoms with Crippen molar-refractivity contribution < 1.29 is 0 Å². The summed E-state index contributed by atoms with van der Waals surface area (Å²) in [6.07, 6.45) is 0.823. The molecule has 0 fully saturated rings. The van der Waals surface area contributed by atoms with Gasteiger partial charge in [-0.2, -0.15) is 0 Å². The average molecular weight is 476 g/mol. The number of fused-ring (bicyclic) bond motifs is 1. The minimum Gasteiger partial charge on any atom is -0.306 e. The Bertz CT molecular complexity index is 1450. The van der Waals surface area contributed by atoms with Gasteiger partial charge in [0.05, 0.1) is 11.0 Å². The number of H-pyrrole nitrogens is 1. The fraction of sp³-hybridized carbons (Fsp3) is 0.160. The van der Waals surface area contributed by atoms with Crippen LogP contribution in [-0.4, -0.2) is 30.1 Å². The molecule has 0 aliphatic rings. The Morgan fingerprint density at radius 3 is 2.52 bits per heavy atom. The van der Waals surface area contributed by atoms with Crippen molar-refractivity contribution in [3.8, 4) is 17.1 Å². The maximum atomic E-state index is 12.3. The molecule has 0 amide bonds. The molecule has 0 saturated heterocycles. The molecule has 2 heterocycles. The lowest BCUT2D eigenvalue weighted by molar-refractivity contribution is 0.678. The Labute approximate surface area is 200 Å². The molecule has 0 aliphatic carbocycles. The SMILES string of the molecule is Cc1ccc(-n2c(SCCCn3c(=O)[nH]c4ccccc43)nnc2-c2ccc(Cl)cc2)cc1. The van der Waals surface area contributed by atoms with Crippen LogP contribution >= 0.6 is 23.4 Å². The zero-order valence-corrected chi connectivity index (χ0v) is 19.6. The first-order chi connectivity index (χ1) is 16.1. The number of hydrogen-bond donors (Lipinski definition) is 1. The summed E-state index contributed by atoms with van der Waals surface area (Å²) >= 11 is 7.71. The summed E-state index contributed by atoms with van der Waals surface area (Å²) in [5.41, 5.74) is 4.87. The van der Waals surface area contributed by atoms with Crippen molar-refractivity contribution in [2.75, 3.05) is 5.75 Å². The quantitative estimate of drug-likeness (QED) is 0.241. The standard InChI is InChI=1S/C25H22ClN5OS/c1-17-7-13-20(14-8-17)31-23(18-9-11-19(26)12-10-18)28-29-25(31)33-16-4-15-30-22-6-3-2-5-21(22)27-24(30)32/h2-3,5-14H,4,15-16H2,1H3,(H,27,32). The van der Waals surface area contributed by atoms with Crippen LogP contribution in [0.3, 0.4) is 0 Å². The number of aryl methyl sites for hydroxylation is 2. The molecule has 0 unspecified atom stereocenters. The first kappa shape index (κ1) is 21.6. The lowest BCUT2D eigenvalue weighted by atomic mass is 10.2. The van der Waals surface area contributed by atoms with E-state index >= 15 is 0 Å². The highest BCUT2D eigenvalue weighted by Gasteiger charge is 2.16. The predicted molar refractivity (Wildman–Crippen MR) is 134 cm³/mol. The van der Waals surface area contributed by atoms with E-state index in [0.29, 0.717) is 11.6 Å². The van der Waals surface area contributed by atoms with E-state index in [-0.39, 0.29) is 5.69 Å². The van der Waals surface area contributed by atoms with E-state index in [0.717, 1.165) is 45.4 Å². The molecule has 0 bridgehead atoms. The topological polar surface area (TPSA) is 68.5 Å². The fourth-order valence-corrected chi connectivity index (χ4v) is 4.79. The molecule has 3 aromatic carbocycles. The number of thioether (sulfide) groups is 1. The van der Waals surface area contributed by atoms with Crippen LogP contribution in [-0.2, 0) is 6.54 Å². The second kappa shape index (κ2) is 9.29. The number of para-hydroxylation sites is 2. The molecule has 5 rings (SSSR count). The van der Waals surface area contributed by atoms with Crippen molar-refractivity contribution in [2.24, 2.45) is 0 Å². The number of nitrogens with one attached hydrogen (secondary N) is 1. The summed E-state index contributed by atoms with van der Waals surface area (Å²) in [5, 5.41) is 10.5. The maximum absolute atomic E-state index is 12.3. The van der Waals surface area contributed by atoms with Gasteiger partial charge in [-0.25, -0.2) is 4.79 Å². The van der Waals surface area contributed by atoms with E-state index in [1.807, 2.05) is 48.5 Å². The van der Waals surface area contributed by atoms with Crippen molar-refractivity contribution in [3.05, 3.63) is 93.9 Å².